The van der Waals surface area contributed by atoms with Gasteiger partial charge in [0, 0.05) is 24.2 Å². The lowest BCUT2D eigenvalue weighted by Gasteiger charge is -2.31. The molecule has 0 unspecified atom stereocenters. The normalized spacial score (nSPS) is 14.1. The zero-order valence-electron chi connectivity index (χ0n) is 14.4. The summed E-state index contributed by atoms with van der Waals surface area (Å²) in [6.07, 6.45) is 3.59. The predicted octanol–water partition coefficient (Wildman–Crippen LogP) is 4.84. The Morgan fingerprint density at radius 2 is 1.68 bits per heavy atom. The van der Waals surface area contributed by atoms with Gasteiger partial charge in [0.2, 0.25) is 0 Å². The Kier molecular flexibility index (Phi) is 4.37. The summed E-state index contributed by atoms with van der Waals surface area (Å²) >= 11 is 0. The van der Waals surface area contributed by atoms with Gasteiger partial charge < -0.3 is 4.90 Å². The molecule has 0 radical (unpaired) electrons. The monoisotopic (exact) mass is 296 g/mol. The van der Waals surface area contributed by atoms with Crippen LogP contribution in [0, 0.1) is 11.8 Å². The number of benzene rings is 1. The van der Waals surface area contributed by atoms with Gasteiger partial charge in [-0.15, -0.1) is 0 Å². The standard InChI is InChI=1S/C20H28N2/c1-14(2)12-22(13-15(3)4)20-16-8-5-6-10-18(16)21-19-11-7-9-17(19)20/h5-6,8,10,14-15H,7,9,11-13H2,1-4H3. The van der Waals surface area contributed by atoms with Crippen molar-refractivity contribution in [2.24, 2.45) is 11.8 Å². The third kappa shape index (κ3) is 2.97. The molecule has 0 N–H and O–H groups in total. The predicted molar refractivity (Wildman–Crippen MR) is 95.7 cm³/mol. The van der Waals surface area contributed by atoms with Crippen molar-refractivity contribution in [2.45, 2.75) is 47.0 Å². The smallest absolute Gasteiger partial charge is 0.0726 e. The summed E-state index contributed by atoms with van der Waals surface area (Å²) in [4.78, 5) is 7.56. The summed E-state index contributed by atoms with van der Waals surface area (Å²) in [6, 6.07) is 8.68. The number of aromatic nitrogens is 1. The molecular weight excluding hydrogens is 268 g/mol. The van der Waals surface area contributed by atoms with Crippen LogP contribution in [0.5, 0.6) is 0 Å². The molecule has 0 saturated heterocycles. The number of nitrogens with zero attached hydrogens (tertiary/aromatic N) is 2. The summed E-state index contributed by atoms with van der Waals surface area (Å²) in [7, 11) is 0. The molecule has 1 heterocycles. The highest BCUT2D eigenvalue weighted by Crippen LogP contribution is 2.37. The molecule has 0 amide bonds. The average Bonchev–Trinajstić information content (AvgIpc) is 2.90. The van der Waals surface area contributed by atoms with E-state index in [0.717, 1.165) is 25.0 Å². The van der Waals surface area contributed by atoms with E-state index < -0.39 is 0 Å². The van der Waals surface area contributed by atoms with Crippen LogP contribution in [0.15, 0.2) is 24.3 Å². The molecule has 0 atom stereocenters. The van der Waals surface area contributed by atoms with Crippen LogP contribution in [0.1, 0.15) is 45.4 Å². The minimum Gasteiger partial charge on any atom is -0.370 e. The van der Waals surface area contributed by atoms with Gasteiger partial charge >= 0.3 is 0 Å². The van der Waals surface area contributed by atoms with Crippen molar-refractivity contribution in [3.63, 3.8) is 0 Å². The molecule has 1 aromatic heterocycles. The molecule has 0 saturated carbocycles. The molecule has 1 aromatic carbocycles. The minimum atomic E-state index is 0.669. The van der Waals surface area contributed by atoms with E-state index in [1.807, 2.05) is 0 Å². The molecule has 1 aliphatic rings. The first-order chi connectivity index (χ1) is 10.6. The summed E-state index contributed by atoms with van der Waals surface area (Å²) in [5.74, 6) is 1.34. The molecular formula is C20H28N2. The SMILES string of the molecule is CC(C)CN(CC(C)C)c1c2c(nc3ccccc13)CCC2. The van der Waals surface area contributed by atoms with E-state index in [4.69, 9.17) is 4.98 Å². The first-order valence-corrected chi connectivity index (χ1v) is 8.71. The van der Waals surface area contributed by atoms with Crippen LogP contribution < -0.4 is 4.90 Å². The Labute approximate surface area is 134 Å². The second-order valence-electron chi connectivity index (χ2n) is 7.45. The number of hydrogen-bond acceptors (Lipinski definition) is 2. The maximum Gasteiger partial charge on any atom is 0.0726 e. The van der Waals surface area contributed by atoms with Gasteiger partial charge in [0.1, 0.15) is 0 Å². The topological polar surface area (TPSA) is 16.1 Å². The van der Waals surface area contributed by atoms with Gasteiger partial charge in [-0.25, -0.2) is 0 Å². The van der Waals surface area contributed by atoms with Crippen molar-refractivity contribution < 1.29 is 0 Å². The number of fused-ring (bicyclic) bond motifs is 2. The van der Waals surface area contributed by atoms with Crippen molar-refractivity contribution >= 4 is 16.6 Å². The van der Waals surface area contributed by atoms with Crippen LogP contribution in [0.3, 0.4) is 0 Å². The number of pyridine rings is 1. The summed E-state index contributed by atoms with van der Waals surface area (Å²) in [5.41, 5.74) is 5.49. The average molecular weight is 296 g/mol. The highest BCUT2D eigenvalue weighted by atomic mass is 15.1. The van der Waals surface area contributed by atoms with E-state index in [-0.39, 0.29) is 0 Å². The lowest BCUT2D eigenvalue weighted by atomic mass is 10.0. The van der Waals surface area contributed by atoms with Crippen LogP contribution >= 0.6 is 0 Å². The third-order valence-corrected chi connectivity index (χ3v) is 4.38. The van der Waals surface area contributed by atoms with Crippen molar-refractivity contribution in [3.8, 4) is 0 Å². The highest BCUT2D eigenvalue weighted by Gasteiger charge is 2.23. The molecule has 0 fully saturated rings. The quantitative estimate of drug-likeness (QED) is 0.784. The summed E-state index contributed by atoms with van der Waals surface area (Å²) in [5, 5.41) is 1.34. The lowest BCUT2D eigenvalue weighted by molar-refractivity contribution is 0.552. The largest absolute Gasteiger partial charge is 0.370 e. The maximum atomic E-state index is 4.93. The Balaban J connectivity index is 2.17. The van der Waals surface area contributed by atoms with Crippen LogP contribution in [-0.2, 0) is 12.8 Å². The molecule has 1 aliphatic carbocycles. The van der Waals surface area contributed by atoms with Crippen molar-refractivity contribution in [3.05, 3.63) is 35.5 Å². The first kappa shape index (κ1) is 15.3. The third-order valence-electron chi connectivity index (χ3n) is 4.38. The van der Waals surface area contributed by atoms with Gasteiger partial charge in [-0.3, -0.25) is 4.98 Å². The molecule has 0 bridgehead atoms. The van der Waals surface area contributed by atoms with E-state index in [9.17, 15) is 0 Å². The maximum absolute atomic E-state index is 4.93. The molecule has 0 spiro atoms. The number of para-hydroxylation sites is 1. The van der Waals surface area contributed by atoms with Crippen molar-refractivity contribution in [1.82, 2.24) is 4.98 Å². The molecule has 22 heavy (non-hydrogen) atoms. The van der Waals surface area contributed by atoms with Gasteiger partial charge in [0.25, 0.3) is 0 Å². The molecule has 3 rings (SSSR count). The number of rotatable bonds is 5. The number of aryl methyl sites for hydroxylation is 1. The van der Waals surface area contributed by atoms with E-state index in [1.165, 1.54) is 35.2 Å². The van der Waals surface area contributed by atoms with E-state index >= 15 is 0 Å². The van der Waals surface area contributed by atoms with E-state index in [2.05, 4.69) is 56.9 Å². The zero-order valence-corrected chi connectivity index (χ0v) is 14.4. The second-order valence-corrected chi connectivity index (χ2v) is 7.45. The zero-order chi connectivity index (χ0) is 15.7. The van der Waals surface area contributed by atoms with Crippen LogP contribution in [0.25, 0.3) is 10.9 Å². The second kappa shape index (κ2) is 6.28. The van der Waals surface area contributed by atoms with Crippen LogP contribution in [-0.4, -0.2) is 18.1 Å². The fourth-order valence-corrected chi connectivity index (χ4v) is 3.69. The Morgan fingerprint density at radius 1 is 1.00 bits per heavy atom. The molecule has 2 heteroatoms. The van der Waals surface area contributed by atoms with Crippen molar-refractivity contribution in [2.75, 3.05) is 18.0 Å². The van der Waals surface area contributed by atoms with Crippen LogP contribution in [0.4, 0.5) is 5.69 Å². The Morgan fingerprint density at radius 3 is 2.36 bits per heavy atom. The van der Waals surface area contributed by atoms with Gasteiger partial charge in [-0.05, 0) is 42.7 Å². The highest BCUT2D eigenvalue weighted by molar-refractivity contribution is 5.94. The number of anilines is 1. The first-order valence-electron chi connectivity index (χ1n) is 8.71. The Bertz CT molecular complexity index is 648. The Hall–Kier alpha value is -1.57. The molecule has 2 nitrogen and oxygen atoms in total. The minimum absolute atomic E-state index is 0.669. The van der Waals surface area contributed by atoms with Gasteiger partial charge in [0.05, 0.1) is 11.2 Å². The fraction of sp³-hybridized carbons (Fsp3) is 0.550. The summed E-state index contributed by atoms with van der Waals surface area (Å²) in [6.45, 7) is 11.5. The van der Waals surface area contributed by atoms with Crippen molar-refractivity contribution in [1.29, 1.82) is 0 Å². The van der Waals surface area contributed by atoms with Gasteiger partial charge in [0.15, 0.2) is 0 Å². The molecule has 0 aliphatic heterocycles. The van der Waals surface area contributed by atoms with Crippen LogP contribution in [0.2, 0.25) is 0 Å². The van der Waals surface area contributed by atoms with E-state index in [1.54, 1.807) is 0 Å². The lowest BCUT2D eigenvalue weighted by Crippen LogP contribution is -2.32. The number of hydrogen-bond donors (Lipinski definition) is 0. The van der Waals surface area contributed by atoms with Gasteiger partial charge in [-0.2, -0.15) is 0 Å². The summed E-state index contributed by atoms with van der Waals surface area (Å²) < 4.78 is 0. The van der Waals surface area contributed by atoms with Gasteiger partial charge in [-0.1, -0.05) is 45.9 Å². The fourth-order valence-electron chi connectivity index (χ4n) is 3.69. The van der Waals surface area contributed by atoms with E-state index in [0.29, 0.717) is 11.8 Å². The molecule has 2 aromatic rings. The molecule has 118 valence electrons.